The van der Waals surface area contributed by atoms with Crippen LogP contribution in [0.5, 0.6) is 0 Å². The van der Waals surface area contributed by atoms with Crippen molar-refractivity contribution in [3.05, 3.63) is 58.1 Å². The maximum absolute atomic E-state index is 3.48. The molecule has 0 saturated carbocycles. The summed E-state index contributed by atoms with van der Waals surface area (Å²) < 4.78 is 0. The van der Waals surface area contributed by atoms with Crippen LogP contribution in [0.2, 0.25) is 0 Å². The number of rotatable bonds is 4. The summed E-state index contributed by atoms with van der Waals surface area (Å²) >= 11 is 0. The van der Waals surface area contributed by atoms with Crippen LogP contribution in [0.3, 0.4) is 0 Å². The molecular formula is C20H27N. The number of hydrogen-bond donors (Lipinski definition) is 1. The van der Waals surface area contributed by atoms with Crippen LogP contribution in [0.4, 0.5) is 0 Å². The van der Waals surface area contributed by atoms with Crippen molar-refractivity contribution in [3.63, 3.8) is 0 Å². The Morgan fingerprint density at radius 1 is 0.857 bits per heavy atom. The second-order valence-electron chi connectivity index (χ2n) is 6.46. The van der Waals surface area contributed by atoms with Gasteiger partial charge in [-0.05, 0) is 61.1 Å². The molecule has 0 aromatic heterocycles. The van der Waals surface area contributed by atoms with E-state index in [9.17, 15) is 0 Å². The largest absolute Gasteiger partial charge is 0.310 e. The zero-order valence-corrected chi connectivity index (χ0v) is 14.2. The highest BCUT2D eigenvalue weighted by molar-refractivity contribution is 5.74. The quantitative estimate of drug-likeness (QED) is 0.823. The minimum absolute atomic E-state index is 0.520. The predicted molar refractivity (Wildman–Crippen MR) is 92.8 cm³/mol. The molecule has 0 unspecified atom stereocenters. The van der Waals surface area contributed by atoms with Crippen LogP contribution in [-0.4, -0.2) is 6.04 Å². The van der Waals surface area contributed by atoms with E-state index in [-0.39, 0.29) is 0 Å². The van der Waals surface area contributed by atoms with Crippen LogP contribution >= 0.6 is 0 Å². The van der Waals surface area contributed by atoms with E-state index in [2.05, 4.69) is 77.2 Å². The highest BCUT2D eigenvalue weighted by Crippen LogP contribution is 2.31. The van der Waals surface area contributed by atoms with E-state index in [1.807, 2.05) is 0 Å². The molecule has 0 heterocycles. The maximum Gasteiger partial charge on any atom is 0.0207 e. The smallest absolute Gasteiger partial charge is 0.0207 e. The summed E-state index contributed by atoms with van der Waals surface area (Å²) in [5.41, 5.74) is 9.52. The Morgan fingerprint density at radius 2 is 1.48 bits per heavy atom. The van der Waals surface area contributed by atoms with E-state index >= 15 is 0 Å². The summed E-state index contributed by atoms with van der Waals surface area (Å²) in [6.45, 7) is 14.1. The molecule has 0 amide bonds. The summed E-state index contributed by atoms with van der Waals surface area (Å²) in [5.74, 6) is 0. The van der Waals surface area contributed by atoms with Gasteiger partial charge in [0, 0.05) is 12.6 Å². The van der Waals surface area contributed by atoms with Gasteiger partial charge in [-0.15, -0.1) is 0 Å². The number of aryl methyl sites for hydroxylation is 4. The van der Waals surface area contributed by atoms with E-state index < -0.39 is 0 Å². The van der Waals surface area contributed by atoms with Gasteiger partial charge < -0.3 is 5.32 Å². The van der Waals surface area contributed by atoms with Crippen LogP contribution in [-0.2, 0) is 6.54 Å². The number of benzene rings is 2. The van der Waals surface area contributed by atoms with Crippen LogP contribution in [0.1, 0.15) is 41.7 Å². The molecule has 2 aromatic rings. The van der Waals surface area contributed by atoms with Gasteiger partial charge in [0.2, 0.25) is 0 Å². The second kappa shape index (κ2) is 6.44. The van der Waals surface area contributed by atoms with Crippen molar-refractivity contribution in [1.29, 1.82) is 0 Å². The van der Waals surface area contributed by atoms with Crippen molar-refractivity contribution in [3.8, 4) is 11.1 Å². The Kier molecular flexibility index (Phi) is 4.84. The van der Waals surface area contributed by atoms with Crippen molar-refractivity contribution < 1.29 is 0 Å². The van der Waals surface area contributed by atoms with Crippen LogP contribution in [0.15, 0.2) is 30.3 Å². The van der Waals surface area contributed by atoms with E-state index in [1.165, 1.54) is 38.9 Å². The second-order valence-corrected chi connectivity index (χ2v) is 6.46. The molecule has 0 aliphatic heterocycles. The topological polar surface area (TPSA) is 12.0 Å². The molecule has 0 atom stereocenters. The fourth-order valence-corrected chi connectivity index (χ4v) is 3.04. The van der Waals surface area contributed by atoms with Crippen LogP contribution in [0.25, 0.3) is 11.1 Å². The van der Waals surface area contributed by atoms with Gasteiger partial charge in [0.1, 0.15) is 0 Å². The molecule has 0 radical (unpaired) electrons. The minimum Gasteiger partial charge on any atom is -0.310 e. The molecule has 0 saturated heterocycles. The maximum atomic E-state index is 3.48. The molecule has 2 rings (SSSR count). The van der Waals surface area contributed by atoms with Crippen molar-refractivity contribution in [2.24, 2.45) is 0 Å². The molecule has 1 N–H and O–H groups in total. The summed E-state index contributed by atoms with van der Waals surface area (Å²) in [4.78, 5) is 0. The monoisotopic (exact) mass is 281 g/mol. The SMILES string of the molecule is Cc1cc(C)c(-c2ccc(CNC(C)C)cc2C)c(C)c1. The standard InChI is InChI=1S/C20H27N/c1-13(2)21-12-18-7-8-19(15(4)11-18)20-16(5)9-14(3)10-17(20)6/h7-11,13,21H,12H2,1-6H3. The Bertz CT molecular complexity index is 615. The van der Waals surface area contributed by atoms with E-state index in [0.717, 1.165) is 6.54 Å². The first kappa shape index (κ1) is 15.8. The molecule has 0 aliphatic carbocycles. The summed E-state index contributed by atoms with van der Waals surface area (Å²) in [6.07, 6.45) is 0. The average Bonchev–Trinajstić information content (AvgIpc) is 2.37. The van der Waals surface area contributed by atoms with Gasteiger partial charge in [-0.25, -0.2) is 0 Å². The van der Waals surface area contributed by atoms with Crippen LogP contribution in [0, 0.1) is 27.7 Å². The third-order valence-corrected chi connectivity index (χ3v) is 3.95. The molecule has 0 fully saturated rings. The summed E-state index contributed by atoms with van der Waals surface area (Å²) in [7, 11) is 0. The van der Waals surface area contributed by atoms with Crippen molar-refractivity contribution in [2.45, 2.75) is 54.1 Å². The van der Waals surface area contributed by atoms with Gasteiger partial charge in [0.15, 0.2) is 0 Å². The van der Waals surface area contributed by atoms with E-state index in [0.29, 0.717) is 6.04 Å². The first-order chi connectivity index (χ1) is 9.88. The van der Waals surface area contributed by atoms with Gasteiger partial charge in [0.25, 0.3) is 0 Å². The zero-order valence-electron chi connectivity index (χ0n) is 14.2. The Labute approximate surface area is 129 Å². The molecular weight excluding hydrogens is 254 g/mol. The first-order valence-electron chi connectivity index (χ1n) is 7.79. The van der Waals surface area contributed by atoms with Gasteiger partial charge in [-0.2, -0.15) is 0 Å². The van der Waals surface area contributed by atoms with E-state index in [4.69, 9.17) is 0 Å². The molecule has 0 aliphatic rings. The molecule has 0 spiro atoms. The van der Waals surface area contributed by atoms with Crippen molar-refractivity contribution in [1.82, 2.24) is 5.32 Å². The normalized spacial score (nSPS) is 11.2. The zero-order chi connectivity index (χ0) is 15.6. The molecule has 1 nitrogen and oxygen atoms in total. The van der Waals surface area contributed by atoms with Gasteiger partial charge >= 0.3 is 0 Å². The molecule has 1 heteroatoms. The average molecular weight is 281 g/mol. The molecule has 112 valence electrons. The van der Waals surface area contributed by atoms with Gasteiger partial charge in [0.05, 0.1) is 0 Å². The van der Waals surface area contributed by atoms with Crippen molar-refractivity contribution in [2.75, 3.05) is 0 Å². The van der Waals surface area contributed by atoms with Crippen LogP contribution < -0.4 is 5.32 Å². The van der Waals surface area contributed by atoms with Gasteiger partial charge in [-0.1, -0.05) is 49.7 Å². The Morgan fingerprint density at radius 3 is 2.00 bits per heavy atom. The lowest BCUT2D eigenvalue weighted by Gasteiger charge is -2.16. The lowest BCUT2D eigenvalue weighted by atomic mass is 9.90. The van der Waals surface area contributed by atoms with Gasteiger partial charge in [-0.3, -0.25) is 0 Å². The Hall–Kier alpha value is -1.60. The fraction of sp³-hybridized carbons (Fsp3) is 0.400. The lowest BCUT2D eigenvalue weighted by molar-refractivity contribution is 0.589. The predicted octanol–water partition coefficient (Wildman–Crippen LogP) is 5.09. The third kappa shape index (κ3) is 3.74. The lowest BCUT2D eigenvalue weighted by Crippen LogP contribution is -2.21. The number of hydrogen-bond acceptors (Lipinski definition) is 1. The molecule has 2 aromatic carbocycles. The highest BCUT2D eigenvalue weighted by Gasteiger charge is 2.09. The first-order valence-corrected chi connectivity index (χ1v) is 7.79. The summed E-state index contributed by atoms with van der Waals surface area (Å²) in [5, 5.41) is 3.48. The van der Waals surface area contributed by atoms with Crippen molar-refractivity contribution >= 4 is 0 Å². The Balaban J connectivity index is 2.38. The minimum atomic E-state index is 0.520. The van der Waals surface area contributed by atoms with E-state index in [1.54, 1.807) is 0 Å². The fourth-order valence-electron chi connectivity index (χ4n) is 3.04. The molecule has 21 heavy (non-hydrogen) atoms. The third-order valence-electron chi connectivity index (χ3n) is 3.95. The highest BCUT2D eigenvalue weighted by atomic mass is 14.9. The molecule has 0 bridgehead atoms. The summed E-state index contributed by atoms with van der Waals surface area (Å²) in [6, 6.07) is 11.9. The number of nitrogens with one attached hydrogen (secondary N) is 1.